The summed E-state index contributed by atoms with van der Waals surface area (Å²) in [5.41, 5.74) is 2.59. The molecule has 22 heavy (non-hydrogen) atoms. The van der Waals surface area contributed by atoms with Gasteiger partial charge in [0.15, 0.2) is 0 Å². The van der Waals surface area contributed by atoms with E-state index in [2.05, 4.69) is 34.5 Å². The number of nitrogens with zero attached hydrogens (tertiary/aromatic N) is 1. The topological polar surface area (TPSA) is 52.6 Å². The molecule has 0 aliphatic carbocycles. The molecule has 3 rings (SSSR count). The maximum Gasteiger partial charge on any atom is 0.307 e. The average Bonchev–Trinajstić information content (AvgIpc) is 3.05. The van der Waals surface area contributed by atoms with Crippen molar-refractivity contribution >= 4 is 5.97 Å². The van der Waals surface area contributed by atoms with Gasteiger partial charge in [0.1, 0.15) is 0 Å². The third-order valence-corrected chi connectivity index (χ3v) is 5.03. The standard InChI is InChI=1S/C18H26N2O2/c21-18(22)16-12-17(19-13-16)15-6-4-14(5-7-15)8-11-20-9-2-1-3-10-20/h4-7,16-17,19H,1-3,8-13H2,(H,21,22). The van der Waals surface area contributed by atoms with Crippen LogP contribution in [0, 0.1) is 5.92 Å². The Morgan fingerprint density at radius 3 is 2.55 bits per heavy atom. The van der Waals surface area contributed by atoms with Crippen LogP contribution in [0.4, 0.5) is 0 Å². The Bertz CT molecular complexity index is 494. The fourth-order valence-electron chi connectivity index (χ4n) is 3.56. The van der Waals surface area contributed by atoms with Crippen LogP contribution < -0.4 is 5.32 Å². The van der Waals surface area contributed by atoms with Gasteiger partial charge in [0.05, 0.1) is 5.92 Å². The van der Waals surface area contributed by atoms with Gasteiger partial charge in [-0.05, 0) is 49.9 Å². The minimum atomic E-state index is -0.687. The fourth-order valence-corrected chi connectivity index (χ4v) is 3.56. The van der Waals surface area contributed by atoms with E-state index in [-0.39, 0.29) is 12.0 Å². The average molecular weight is 302 g/mol. The summed E-state index contributed by atoms with van der Waals surface area (Å²) in [7, 11) is 0. The van der Waals surface area contributed by atoms with E-state index in [1.165, 1.54) is 43.5 Å². The predicted molar refractivity (Wildman–Crippen MR) is 86.9 cm³/mol. The number of aliphatic carboxylic acids is 1. The van der Waals surface area contributed by atoms with E-state index in [0.29, 0.717) is 13.0 Å². The van der Waals surface area contributed by atoms with Crippen molar-refractivity contribution in [1.29, 1.82) is 0 Å². The number of hydrogen-bond donors (Lipinski definition) is 2. The zero-order valence-corrected chi connectivity index (χ0v) is 13.1. The molecule has 2 aliphatic heterocycles. The number of likely N-dealkylation sites (tertiary alicyclic amines) is 1. The first-order chi connectivity index (χ1) is 10.7. The molecular formula is C18H26N2O2. The molecule has 1 aromatic rings. The first kappa shape index (κ1) is 15.5. The van der Waals surface area contributed by atoms with E-state index in [0.717, 1.165) is 13.0 Å². The molecule has 0 saturated carbocycles. The van der Waals surface area contributed by atoms with Crippen molar-refractivity contribution in [3.05, 3.63) is 35.4 Å². The van der Waals surface area contributed by atoms with Gasteiger partial charge in [0, 0.05) is 19.1 Å². The molecule has 2 heterocycles. The van der Waals surface area contributed by atoms with Crippen LogP contribution in [0.5, 0.6) is 0 Å². The first-order valence-corrected chi connectivity index (χ1v) is 8.50. The van der Waals surface area contributed by atoms with E-state index in [9.17, 15) is 4.79 Å². The molecular weight excluding hydrogens is 276 g/mol. The molecule has 2 saturated heterocycles. The van der Waals surface area contributed by atoms with E-state index in [1.807, 2.05) is 0 Å². The maximum absolute atomic E-state index is 11.0. The van der Waals surface area contributed by atoms with Gasteiger partial charge in [-0.3, -0.25) is 4.79 Å². The van der Waals surface area contributed by atoms with Crippen molar-refractivity contribution in [1.82, 2.24) is 10.2 Å². The van der Waals surface area contributed by atoms with Crippen molar-refractivity contribution in [2.45, 2.75) is 38.1 Å². The van der Waals surface area contributed by atoms with Crippen molar-refractivity contribution in [3.8, 4) is 0 Å². The number of carbonyl (C=O) groups is 1. The molecule has 2 atom stereocenters. The van der Waals surface area contributed by atoms with Gasteiger partial charge in [0.25, 0.3) is 0 Å². The summed E-state index contributed by atoms with van der Waals surface area (Å²) in [5, 5.41) is 12.4. The quantitative estimate of drug-likeness (QED) is 0.877. The smallest absolute Gasteiger partial charge is 0.307 e. The summed E-state index contributed by atoms with van der Waals surface area (Å²) in [6.45, 7) is 4.24. The summed E-state index contributed by atoms with van der Waals surface area (Å²) in [6.07, 6.45) is 5.88. The fraction of sp³-hybridized carbons (Fsp3) is 0.611. The number of carboxylic acid groups (broad SMARTS) is 1. The first-order valence-electron chi connectivity index (χ1n) is 8.50. The Morgan fingerprint density at radius 2 is 1.91 bits per heavy atom. The molecule has 0 radical (unpaired) electrons. The second kappa shape index (κ2) is 7.25. The number of nitrogens with one attached hydrogen (secondary N) is 1. The highest BCUT2D eigenvalue weighted by Gasteiger charge is 2.29. The number of benzene rings is 1. The minimum Gasteiger partial charge on any atom is -0.481 e. The van der Waals surface area contributed by atoms with Gasteiger partial charge in [0.2, 0.25) is 0 Å². The van der Waals surface area contributed by atoms with Crippen LogP contribution in [-0.4, -0.2) is 42.2 Å². The minimum absolute atomic E-state index is 0.192. The lowest BCUT2D eigenvalue weighted by atomic mass is 9.98. The van der Waals surface area contributed by atoms with Crippen LogP contribution in [0.1, 0.15) is 42.9 Å². The van der Waals surface area contributed by atoms with Gasteiger partial charge < -0.3 is 15.3 Å². The Kier molecular flexibility index (Phi) is 5.11. The van der Waals surface area contributed by atoms with Crippen molar-refractivity contribution in [2.75, 3.05) is 26.2 Å². The summed E-state index contributed by atoms with van der Waals surface area (Å²) < 4.78 is 0. The molecule has 2 fully saturated rings. The number of carboxylic acids is 1. The molecule has 4 nitrogen and oxygen atoms in total. The van der Waals surface area contributed by atoms with E-state index in [4.69, 9.17) is 5.11 Å². The van der Waals surface area contributed by atoms with Crippen LogP contribution in [-0.2, 0) is 11.2 Å². The number of rotatable bonds is 5. The molecule has 2 aliphatic rings. The third kappa shape index (κ3) is 3.87. The zero-order chi connectivity index (χ0) is 15.4. The molecule has 4 heteroatoms. The van der Waals surface area contributed by atoms with Gasteiger partial charge in [-0.2, -0.15) is 0 Å². The Balaban J connectivity index is 1.51. The summed E-state index contributed by atoms with van der Waals surface area (Å²) in [6, 6.07) is 8.92. The molecule has 0 amide bonds. The lowest BCUT2D eigenvalue weighted by Crippen LogP contribution is -2.31. The predicted octanol–water partition coefficient (Wildman–Crippen LogP) is 2.45. The third-order valence-electron chi connectivity index (χ3n) is 5.03. The number of hydrogen-bond acceptors (Lipinski definition) is 3. The highest BCUT2D eigenvalue weighted by atomic mass is 16.4. The van der Waals surface area contributed by atoms with Crippen LogP contribution in [0.3, 0.4) is 0 Å². The summed E-state index contributed by atoms with van der Waals surface area (Å²) in [5.74, 6) is -0.933. The monoisotopic (exact) mass is 302 g/mol. The molecule has 120 valence electrons. The summed E-state index contributed by atoms with van der Waals surface area (Å²) >= 11 is 0. The van der Waals surface area contributed by atoms with Crippen molar-refractivity contribution in [2.24, 2.45) is 5.92 Å². The molecule has 0 aromatic heterocycles. The Hall–Kier alpha value is -1.39. The van der Waals surface area contributed by atoms with Crippen molar-refractivity contribution < 1.29 is 9.90 Å². The normalized spacial score (nSPS) is 26.2. The van der Waals surface area contributed by atoms with Gasteiger partial charge in [-0.1, -0.05) is 30.7 Å². The van der Waals surface area contributed by atoms with Crippen LogP contribution in [0.25, 0.3) is 0 Å². The molecule has 0 spiro atoms. The van der Waals surface area contributed by atoms with Crippen molar-refractivity contribution in [3.63, 3.8) is 0 Å². The SMILES string of the molecule is O=C(O)C1CNC(c2ccc(CCN3CCCCC3)cc2)C1. The van der Waals surface area contributed by atoms with E-state index >= 15 is 0 Å². The Morgan fingerprint density at radius 1 is 1.18 bits per heavy atom. The molecule has 1 aromatic carbocycles. The zero-order valence-electron chi connectivity index (χ0n) is 13.1. The van der Waals surface area contributed by atoms with Crippen LogP contribution in [0.15, 0.2) is 24.3 Å². The molecule has 2 unspecified atom stereocenters. The van der Waals surface area contributed by atoms with Gasteiger partial charge >= 0.3 is 5.97 Å². The highest BCUT2D eigenvalue weighted by Crippen LogP contribution is 2.27. The molecule has 2 N–H and O–H groups in total. The molecule has 0 bridgehead atoms. The maximum atomic E-state index is 11.0. The Labute approximate surface area is 132 Å². The van der Waals surface area contributed by atoms with Crippen LogP contribution >= 0.6 is 0 Å². The number of piperidine rings is 1. The largest absolute Gasteiger partial charge is 0.481 e. The van der Waals surface area contributed by atoms with Gasteiger partial charge in [-0.15, -0.1) is 0 Å². The second-order valence-electron chi connectivity index (χ2n) is 6.63. The lowest BCUT2D eigenvalue weighted by molar-refractivity contribution is -0.141. The van der Waals surface area contributed by atoms with Crippen LogP contribution in [0.2, 0.25) is 0 Å². The van der Waals surface area contributed by atoms with Gasteiger partial charge in [-0.25, -0.2) is 0 Å². The summed E-state index contributed by atoms with van der Waals surface area (Å²) in [4.78, 5) is 13.6. The second-order valence-corrected chi connectivity index (χ2v) is 6.63. The van der Waals surface area contributed by atoms with E-state index in [1.54, 1.807) is 0 Å². The highest BCUT2D eigenvalue weighted by molar-refractivity contribution is 5.70. The lowest BCUT2D eigenvalue weighted by Gasteiger charge is -2.26. The van der Waals surface area contributed by atoms with E-state index < -0.39 is 5.97 Å².